The quantitative estimate of drug-likeness (QED) is 0.619. The van der Waals surface area contributed by atoms with Gasteiger partial charge in [-0.05, 0) is 29.8 Å². The number of nitrogens with zero attached hydrogens (tertiary/aromatic N) is 2. The molecular weight excluding hydrogens is 259 g/mol. The number of rotatable bonds is 1. The van der Waals surface area contributed by atoms with Crippen LogP contribution in [0.5, 0.6) is 0 Å². The fourth-order valence-corrected chi connectivity index (χ4v) is 3.06. The van der Waals surface area contributed by atoms with Gasteiger partial charge in [0, 0.05) is 35.4 Å². The van der Waals surface area contributed by atoms with Crippen LogP contribution in [0, 0.1) is 0 Å². The van der Waals surface area contributed by atoms with Crippen LogP contribution in [0.25, 0.3) is 10.9 Å². The molecular formula is C17H15BN2O. The van der Waals surface area contributed by atoms with Crippen molar-refractivity contribution >= 4 is 35.8 Å². The molecule has 2 aromatic carbocycles. The lowest BCUT2D eigenvalue weighted by Gasteiger charge is -2.16. The summed E-state index contributed by atoms with van der Waals surface area (Å²) in [4.78, 5) is 14.5. The highest BCUT2D eigenvalue weighted by atomic mass is 16.2. The van der Waals surface area contributed by atoms with Crippen LogP contribution in [0.1, 0.15) is 15.9 Å². The number of benzene rings is 2. The van der Waals surface area contributed by atoms with Crippen molar-refractivity contribution in [3.63, 3.8) is 0 Å². The Morgan fingerprint density at radius 3 is 2.81 bits per heavy atom. The van der Waals surface area contributed by atoms with E-state index in [4.69, 9.17) is 0 Å². The first-order chi connectivity index (χ1) is 10.1. The largest absolute Gasteiger partial charge is 0.351 e. The Kier molecular flexibility index (Phi) is 2.48. The van der Waals surface area contributed by atoms with Crippen LogP contribution in [0.4, 0.5) is 5.69 Å². The number of aryl methyl sites for hydroxylation is 1. The van der Waals surface area contributed by atoms with Gasteiger partial charge in [-0.25, -0.2) is 0 Å². The van der Waals surface area contributed by atoms with Gasteiger partial charge in [-0.3, -0.25) is 4.79 Å². The Hall–Kier alpha value is -2.49. The Labute approximate surface area is 124 Å². The molecule has 4 rings (SSSR count). The third-order valence-electron chi connectivity index (χ3n) is 4.25. The van der Waals surface area contributed by atoms with Gasteiger partial charge in [-0.2, -0.15) is 0 Å². The predicted molar refractivity (Wildman–Crippen MR) is 88.1 cm³/mol. The van der Waals surface area contributed by atoms with E-state index >= 15 is 0 Å². The summed E-state index contributed by atoms with van der Waals surface area (Å²) in [5.74, 6) is 0.101. The molecule has 0 saturated heterocycles. The summed E-state index contributed by atoms with van der Waals surface area (Å²) in [5.41, 5.74) is 5.22. The van der Waals surface area contributed by atoms with E-state index < -0.39 is 0 Å². The SMILES string of the molecule is Bc1ccc2c(c1)C(=O)N(c1ccc3c(ccn3C)c1)C2. The molecule has 4 heteroatoms. The molecule has 1 aliphatic rings. The van der Waals surface area contributed by atoms with Crippen LogP contribution in [0.2, 0.25) is 0 Å². The lowest BCUT2D eigenvalue weighted by molar-refractivity contribution is 0.0996. The molecule has 0 bridgehead atoms. The third-order valence-corrected chi connectivity index (χ3v) is 4.25. The minimum Gasteiger partial charge on any atom is -0.351 e. The molecule has 0 atom stereocenters. The topological polar surface area (TPSA) is 25.2 Å². The molecule has 1 aromatic heterocycles. The predicted octanol–water partition coefficient (Wildman–Crippen LogP) is 1.60. The van der Waals surface area contributed by atoms with Crippen molar-refractivity contribution in [2.24, 2.45) is 7.05 Å². The van der Waals surface area contributed by atoms with Gasteiger partial charge in [0.15, 0.2) is 0 Å². The second-order valence-electron chi connectivity index (χ2n) is 5.72. The van der Waals surface area contributed by atoms with Crippen LogP contribution in [-0.2, 0) is 13.6 Å². The van der Waals surface area contributed by atoms with Crippen LogP contribution < -0.4 is 10.4 Å². The Balaban J connectivity index is 1.78. The number of hydrogen-bond donors (Lipinski definition) is 0. The number of anilines is 1. The smallest absolute Gasteiger partial charge is 0.258 e. The van der Waals surface area contributed by atoms with Gasteiger partial charge in [-0.15, -0.1) is 0 Å². The molecule has 3 nitrogen and oxygen atoms in total. The first kappa shape index (κ1) is 12.3. The average Bonchev–Trinajstić information content (AvgIpc) is 3.01. The maximum atomic E-state index is 12.6. The summed E-state index contributed by atoms with van der Waals surface area (Å²) in [6.45, 7) is 0.660. The van der Waals surface area contributed by atoms with E-state index in [1.807, 2.05) is 38.1 Å². The van der Waals surface area contributed by atoms with Crippen molar-refractivity contribution in [1.82, 2.24) is 4.57 Å². The van der Waals surface area contributed by atoms with E-state index in [1.165, 1.54) is 5.52 Å². The van der Waals surface area contributed by atoms with E-state index in [0.717, 1.165) is 27.7 Å². The molecule has 3 aromatic rings. The maximum Gasteiger partial charge on any atom is 0.258 e. The molecule has 0 aliphatic carbocycles. The summed E-state index contributed by atoms with van der Waals surface area (Å²) in [5, 5.41) is 1.16. The van der Waals surface area contributed by atoms with Crippen LogP contribution in [-0.4, -0.2) is 18.3 Å². The van der Waals surface area contributed by atoms with Gasteiger partial charge in [0.25, 0.3) is 5.91 Å². The van der Waals surface area contributed by atoms with E-state index in [9.17, 15) is 4.79 Å². The van der Waals surface area contributed by atoms with Gasteiger partial charge < -0.3 is 9.47 Å². The zero-order chi connectivity index (χ0) is 14.6. The second-order valence-corrected chi connectivity index (χ2v) is 5.72. The van der Waals surface area contributed by atoms with Crippen LogP contribution >= 0.6 is 0 Å². The van der Waals surface area contributed by atoms with Crippen LogP contribution in [0.15, 0.2) is 48.7 Å². The molecule has 1 amide bonds. The molecule has 21 heavy (non-hydrogen) atoms. The first-order valence-corrected chi connectivity index (χ1v) is 7.10. The van der Waals surface area contributed by atoms with E-state index in [-0.39, 0.29) is 5.91 Å². The standard InChI is InChI=1S/C17H15BN2O/c1-19-7-6-11-8-14(4-5-16(11)19)20-10-12-2-3-13(18)9-15(12)17(20)21/h2-9H,10,18H2,1H3. The van der Waals surface area contributed by atoms with Crippen molar-refractivity contribution < 1.29 is 4.79 Å². The molecule has 0 fully saturated rings. The molecule has 0 unspecified atom stereocenters. The highest BCUT2D eigenvalue weighted by Crippen LogP contribution is 2.30. The zero-order valence-electron chi connectivity index (χ0n) is 12.1. The fraction of sp³-hybridized carbons (Fsp3) is 0.118. The Morgan fingerprint density at radius 2 is 1.95 bits per heavy atom. The minimum absolute atomic E-state index is 0.101. The van der Waals surface area contributed by atoms with Crippen LogP contribution in [0.3, 0.4) is 0 Å². The number of hydrogen-bond acceptors (Lipinski definition) is 1. The maximum absolute atomic E-state index is 12.6. The summed E-state index contributed by atoms with van der Waals surface area (Å²) in [6, 6.07) is 14.4. The molecule has 0 N–H and O–H groups in total. The molecule has 0 radical (unpaired) electrons. The summed E-state index contributed by atoms with van der Waals surface area (Å²) in [6.07, 6.45) is 2.04. The molecule has 0 spiro atoms. The number of amides is 1. The molecule has 2 heterocycles. The molecule has 1 aliphatic heterocycles. The van der Waals surface area contributed by atoms with Crippen molar-refractivity contribution in [3.05, 3.63) is 59.8 Å². The fourth-order valence-electron chi connectivity index (χ4n) is 3.06. The van der Waals surface area contributed by atoms with Crippen molar-refractivity contribution in [3.8, 4) is 0 Å². The second kappa shape index (κ2) is 4.25. The number of aromatic nitrogens is 1. The lowest BCUT2D eigenvalue weighted by Crippen LogP contribution is -2.23. The Morgan fingerprint density at radius 1 is 1.10 bits per heavy atom. The molecule has 0 saturated carbocycles. The number of carbonyl (C=O) groups is 1. The van der Waals surface area contributed by atoms with Gasteiger partial charge in [0.2, 0.25) is 0 Å². The normalized spacial score (nSPS) is 14.0. The average molecular weight is 274 g/mol. The third kappa shape index (κ3) is 1.79. The van der Waals surface area contributed by atoms with E-state index in [0.29, 0.717) is 6.54 Å². The van der Waals surface area contributed by atoms with Crippen molar-refractivity contribution in [2.45, 2.75) is 6.54 Å². The minimum atomic E-state index is 0.101. The van der Waals surface area contributed by atoms with E-state index in [2.05, 4.69) is 34.9 Å². The van der Waals surface area contributed by atoms with Gasteiger partial charge in [-0.1, -0.05) is 23.7 Å². The van der Waals surface area contributed by atoms with Crippen molar-refractivity contribution in [2.75, 3.05) is 4.90 Å². The lowest BCUT2D eigenvalue weighted by atomic mass is 9.93. The highest BCUT2D eigenvalue weighted by Gasteiger charge is 2.28. The number of fused-ring (bicyclic) bond motifs is 2. The van der Waals surface area contributed by atoms with Gasteiger partial charge in [0.1, 0.15) is 7.85 Å². The Bertz CT molecular complexity index is 882. The highest BCUT2D eigenvalue weighted by molar-refractivity contribution is 6.33. The monoisotopic (exact) mass is 274 g/mol. The summed E-state index contributed by atoms with van der Waals surface area (Å²) < 4.78 is 2.09. The number of carbonyl (C=O) groups excluding carboxylic acids is 1. The van der Waals surface area contributed by atoms with Gasteiger partial charge >= 0.3 is 0 Å². The van der Waals surface area contributed by atoms with Gasteiger partial charge in [0.05, 0.1) is 6.54 Å². The summed E-state index contributed by atoms with van der Waals surface area (Å²) >= 11 is 0. The zero-order valence-corrected chi connectivity index (χ0v) is 12.1. The van der Waals surface area contributed by atoms with E-state index in [1.54, 1.807) is 0 Å². The summed E-state index contributed by atoms with van der Waals surface area (Å²) in [7, 11) is 4.05. The molecule has 102 valence electrons. The van der Waals surface area contributed by atoms with Crippen molar-refractivity contribution in [1.29, 1.82) is 0 Å². The first-order valence-electron chi connectivity index (χ1n) is 7.10.